The molecule has 1 nitrogen and oxygen atoms in total. The van der Waals surface area contributed by atoms with Gasteiger partial charge in [0.15, 0.2) is 0 Å². The average Bonchev–Trinajstić information content (AvgIpc) is 2.10. The van der Waals surface area contributed by atoms with Crippen molar-refractivity contribution in [3.8, 4) is 0 Å². The minimum atomic E-state index is 1.03. The molecule has 0 spiro atoms. The van der Waals surface area contributed by atoms with Gasteiger partial charge in [-0.1, -0.05) is 59.3 Å². The summed E-state index contributed by atoms with van der Waals surface area (Å²) >= 11 is 3.64. The van der Waals surface area contributed by atoms with Gasteiger partial charge in [0.1, 0.15) is 0 Å². The summed E-state index contributed by atoms with van der Waals surface area (Å²) in [6, 6.07) is 0. The van der Waals surface area contributed by atoms with E-state index in [-0.39, 0.29) is 0 Å². The number of rotatable bonds is 6. The van der Waals surface area contributed by atoms with E-state index in [0.717, 1.165) is 5.92 Å². The second-order valence-electron chi connectivity index (χ2n) is 3.23. The molecule has 0 rings (SSSR count). The van der Waals surface area contributed by atoms with Crippen LogP contribution in [0.3, 0.4) is 0 Å². The number of hydrogen-bond acceptors (Lipinski definition) is 1. The van der Waals surface area contributed by atoms with Crippen molar-refractivity contribution < 1.29 is 4.66 Å². The van der Waals surface area contributed by atoms with Gasteiger partial charge in [-0.05, 0) is 5.92 Å². The third-order valence-corrected chi connectivity index (χ3v) is 2.09. The fourth-order valence-corrected chi connectivity index (χ4v) is 1.66. The standard InChI is InChI=1S/C10H22.ClHO/c1-4-7-10(8-5-2)9-6-3;1-2/h10H,4-9H2,1-3H3;2H. The number of halogens is 1. The lowest BCUT2D eigenvalue weighted by atomic mass is 9.94. The van der Waals surface area contributed by atoms with Crippen molar-refractivity contribution in [1.82, 2.24) is 0 Å². The van der Waals surface area contributed by atoms with Gasteiger partial charge >= 0.3 is 0 Å². The molecule has 0 aliphatic carbocycles. The van der Waals surface area contributed by atoms with Crippen molar-refractivity contribution in [3.05, 3.63) is 0 Å². The first-order valence-electron chi connectivity index (χ1n) is 5.02. The molecule has 0 aromatic heterocycles. The molecule has 0 radical (unpaired) electrons. The molecule has 0 aliphatic rings. The molecule has 0 heterocycles. The summed E-state index contributed by atoms with van der Waals surface area (Å²) in [5, 5.41) is 0. The third-order valence-electron chi connectivity index (χ3n) is 2.09. The van der Waals surface area contributed by atoms with Crippen molar-refractivity contribution in [2.75, 3.05) is 0 Å². The lowest BCUT2D eigenvalue weighted by molar-refractivity contribution is 0.407. The molecule has 0 unspecified atom stereocenters. The smallest absolute Gasteiger partial charge is 0.0579 e. The predicted molar refractivity (Wildman–Crippen MR) is 56.3 cm³/mol. The Kier molecular flexibility index (Phi) is 17.0. The Bertz CT molecular complexity index is 52.6. The first-order valence-corrected chi connectivity index (χ1v) is 5.35. The highest BCUT2D eigenvalue weighted by Gasteiger charge is 2.03. The third kappa shape index (κ3) is 10.2. The van der Waals surface area contributed by atoms with Crippen molar-refractivity contribution in [3.63, 3.8) is 0 Å². The summed E-state index contributed by atoms with van der Waals surface area (Å²) < 4.78 is 6.47. The Hall–Kier alpha value is 0.250. The summed E-state index contributed by atoms with van der Waals surface area (Å²) in [7, 11) is 0. The molecule has 0 aromatic carbocycles. The molecule has 0 aliphatic heterocycles. The number of hydrogen-bond donors (Lipinski definition) is 1. The van der Waals surface area contributed by atoms with Crippen LogP contribution in [0.15, 0.2) is 0 Å². The molecule has 2 heteroatoms. The van der Waals surface area contributed by atoms with E-state index < -0.39 is 0 Å². The molecule has 0 amide bonds. The van der Waals surface area contributed by atoms with Crippen LogP contribution in [-0.2, 0) is 0 Å². The molecular weight excluding hydrogens is 172 g/mol. The highest BCUT2D eigenvalue weighted by atomic mass is 35.5. The second kappa shape index (κ2) is 13.8. The molecule has 0 aromatic rings. The lowest BCUT2D eigenvalue weighted by Gasteiger charge is -2.12. The van der Waals surface area contributed by atoms with Crippen molar-refractivity contribution in [2.24, 2.45) is 5.92 Å². The van der Waals surface area contributed by atoms with Gasteiger partial charge in [0, 0.05) is 0 Å². The van der Waals surface area contributed by atoms with E-state index in [1.54, 1.807) is 0 Å². The van der Waals surface area contributed by atoms with E-state index in [1.807, 2.05) is 0 Å². The van der Waals surface area contributed by atoms with E-state index in [9.17, 15) is 0 Å². The summed E-state index contributed by atoms with van der Waals surface area (Å²) in [6.45, 7) is 6.87. The molecule has 0 bridgehead atoms. The van der Waals surface area contributed by atoms with Crippen LogP contribution in [0.1, 0.15) is 59.3 Å². The predicted octanol–water partition coefficient (Wildman–Crippen LogP) is 4.14. The van der Waals surface area contributed by atoms with E-state index >= 15 is 0 Å². The van der Waals surface area contributed by atoms with Crippen LogP contribution in [0.5, 0.6) is 0 Å². The van der Waals surface area contributed by atoms with Crippen LogP contribution in [0.25, 0.3) is 0 Å². The highest BCUT2D eigenvalue weighted by Crippen LogP contribution is 2.18. The van der Waals surface area contributed by atoms with E-state index in [4.69, 9.17) is 4.66 Å². The molecule has 76 valence electrons. The molecule has 1 N–H and O–H groups in total. The first kappa shape index (κ1) is 14.8. The van der Waals surface area contributed by atoms with Gasteiger partial charge < -0.3 is 0 Å². The monoisotopic (exact) mass is 194 g/mol. The fraction of sp³-hybridized carbons (Fsp3) is 1.00. The SMILES string of the molecule is CCCC(CCC)CCC.OCl. The molecule has 0 atom stereocenters. The van der Waals surface area contributed by atoms with Gasteiger partial charge in [-0.25, -0.2) is 0 Å². The summed E-state index contributed by atoms with van der Waals surface area (Å²) in [5.41, 5.74) is 0. The van der Waals surface area contributed by atoms with Crippen molar-refractivity contribution in [1.29, 1.82) is 0 Å². The first-order chi connectivity index (χ1) is 5.85. The maximum Gasteiger partial charge on any atom is 0.0579 e. The van der Waals surface area contributed by atoms with Gasteiger partial charge in [0.25, 0.3) is 0 Å². The quantitative estimate of drug-likeness (QED) is 0.674. The van der Waals surface area contributed by atoms with Gasteiger partial charge in [0.05, 0.1) is 11.9 Å². The van der Waals surface area contributed by atoms with Gasteiger partial charge in [-0.2, -0.15) is 0 Å². The average molecular weight is 195 g/mol. The largest absolute Gasteiger partial charge is 0.295 e. The Balaban J connectivity index is 0. The Labute approximate surface area is 82.3 Å². The van der Waals surface area contributed by atoms with Crippen LogP contribution in [0.2, 0.25) is 0 Å². The van der Waals surface area contributed by atoms with Crippen molar-refractivity contribution in [2.45, 2.75) is 59.3 Å². The molecule has 0 saturated carbocycles. The minimum Gasteiger partial charge on any atom is -0.295 e. The van der Waals surface area contributed by atoms with Crippen LogP contribution in [0, 0.1) is 5.92 Å². The maximum atomic E-state index is 6.47. The second-order valence-corrected chi connectivity index (χ2v) is 3.23. The van der Waals surface area contributed by atoms with Gasteiger partial charge in [-0.3, -0.25) is 4.66 Å². The van der Waals surface area contributed by atoms with Crippen LogP contribution in [0.4, 0.5) is 0 Å². The molecule has 0 fully saturated rings. The molecule has 12 heavy (non-hydrogen) atoms. The Morgan fingerprint density at radius 3 is 1.25 bits per heavy atom. The summed E-state index contributed by atoms with van der Waals surface area (Å²) in [5.74, 6) is 1.03. The molecule has 0 saturated heterocycles. The van der Waals surface area contributed by atoms with Crippen LogP contribution in [-0.4, -0.2) is 4.66 Å². The van der Waals surface area contributed by atoms with Crippen molar-refractivity contribution >= 4 is 11.9 Å². The van der Waals surface area contributed by atoms with Gasteiger partial charge in [-0.15, -0.1) is 0 Å². The van der Waals surface area contributed by atoms with E-state index in [2.05, 4.69) is 32.6 Å². The minimum absolute atomic E-state index is 1.03. The topological polar surface area (TPSA) is 20.2 Å². The summed E-state index contributed by atoms with van der Waals surface area (Å²) in [6.07, 6.45) is 8.44. The van der Waals surface area contributed by atoms with Gasteiger partial charge in [0.2, 0.25) is 0 Å². The Morgan fingerprint density at radius 1 is 0.833 bits per heavy atom. The molecular formula is C10H23ClO. The normalized spacial score (nSPS) is 9.50. The van der Waals surface area contributed by atoms with E-state index in [0.29, 0.717) is 0 Å². The summed E-state index contributed by atoms with van der Waals surface area (Å²) in [4.78, 5) is 0. The zero-order chi connectivity index (χ0) is 9.82. The lowest BCUT2D eigenvalue weighted by Crippen LogP contribution is -1.98. The highest BCUT2D eigenvalue weighted by molar-refractivity contribution is 6.04. The zero-order valence-corrected chi connectivity index (χ0v) is 9.40. The zero-order valence-electron chi connectivity index (χ0n) is 8.65. The van der Waals surface area contributed by atoms with Crippen LogP contribution < -0.4 is 0 Å². The fourth-order valence-electron chi connectivity index (χ4n) is 1.66. The maximum absolute atomic E-state index is 6.47. The van der Waals surface area contributed by atoms with Crippen LogP contribution >= 0.6 is 11.9 Å². The Morgan fingerprint density at radius 2 is 1.08 bits per heavy atom. The van der Waals surface area contributed by atoms with E-state index in [1.165, 1.54) is 38.5 Å².